The van der Waals surface area contributed by atoms with Crippen molar-refractivity contribution in [3.8, 4) is 0 Å². The highest BCUT2D eigenvalue weighted by Crippen LogP contribution is 2.32. The predicted molar refractivity (Wildman–Crippen MR) is 69.8 cm³/mol. The van der Waals surface area contributed by atoms with E-state index in [1.54, 1.807) is 20.8 Å². The number of carboxylic acid groups (broad SMARTS) is 1. The summed E-state index contributed by atoms with van der Waals surface area (Å²) in [6, 6.07) is 2.95. The lowest BCUT2D eigenvalue weighted by Gasteiger charge is -2.28. The number of carboxylic acids is 1. The first kappa shape index (κ1) is 17.0. The molecule has 0 bridgehead atoms. The summed E-state index contributed by atoms with van der Waals surface area (Å²) >= 11 is 0. The van der Waals surface area contributed by atoms with Crippen LogP contribution in [0.15, 0.2) is 24.3 Å². The highest BCUT2D eigenvalue weighted by atomic mass is 19.4. The quantitative estimate of drug-likeness (QED) is 0.902. The molecule has 0 fully saturated rings. The van der Waals surface area contributed by atoms with E-state index in [0.717, 1.165) is 18.2 Å². The van der Waals surface area contributed by atoms with E-state index in [-0.39, 0.29) is 0 Å². The highest BCUT2D eigenvalue weighted by Gasteiger charge is 2.37. The van der Waals surface area contributed by atoms with Crippen LogP contribution in [0.25, 0.3) is 0 Å². The molecule has 1 aromatic rings. The normalized spacial score (nSPS) is 13.6. The second kappa shape index (κ2) is 5.75. The van der Waals surface area contributed by atoms with Crippen LogP contribution in [0, 0.1) is 5.41 Å². The average Bonchev–Trinajstić information content (AvgIpc) is 2.32. The summed E-state index contributed by atoms with van der Waals surface area (Å²) in [5, 5.41) is 11.2. The van der Waals surface area contributed by atoms with Crippen LogP contribution in [0.5, 0.6) is 0 Å². The van der Waals surface area contributed by atoms with Crippen LogP contribution in [0.2, 0.25) is 0 Å². The number of rotatable bonds is 3. The molecule has 0 spiro atoms. The van der Waals surface area contributed by atoms with Crippen LogP contribution < -0.4 is 5.32 Å². The minimum absolute atomic E-state index is 0.597. The lowest BCUT2D eigenvalue weighted by molar-refractivity contribution is -0.142. The number of aliphatic carboxylic acids is 1. The molecule has 0 radical (unpaired) electrons. The fourth-order valence-electron chi connectivity index (χ4n) is 1.79. The van der Waals surface area contributed by atoms with Gasteiger partial charge >= 0.3 is 12.1 Å². The Labute approximate surface area is 120 Å². The van der Waals surface area contributed by atoms with Crippen LogP contribution in [-0.4, -0.2) is 23.0 Å². The molecule has 2 N–H and O–H groups in total. The van der Waals surface area contributed by atoms with Gasteiger partial charge in [-0.1, -0.05) is 32.9 Å². The fourth-order valence-corrected chi connectivity index (χ4v) is 1.79. The van der Waals surface area contributed by atoms with Gasteiger partial charge in [-0.15, -0.1) is 0 Å². The molecule has 7 heteroatoms. The molecule has 1 aromatic carbocycles. The Morgan fingerprint density at radius 1 is 1.14 bits per heavy atom. The molecule has 0 aliphatic heterocycles. The van der Waals surface area contributed by atoms with Gasteiger partial charge in [0.25, 0.3) is 5.91 Å². The zero-order valence-electron chi connectivity index (χ0n) is 11.8. The molecule has 0 heterocycles. The second-order valence-electron chi connectivity index (χ2n) is 5.65. The first-order valence-corrected chi connectivity index (χ1v) is 6.14. The van der Waals surface area contributed by atoms with Crippen molar-refractivity contribution >= 4 is 11.9 Å². The summed E-state index contributed by atoms with van der Waals surface area (Å²) in [5.74, 6) is -2.37. The van der Waals surface area contributed by atoms with Gasteiger partial charge in [0.1, 0.15) is 6.04 Å². The summed E-state index contributed by atoms with van der Waals surface area (Å²) in [6.45, 7) is 4.71. The van der Waals surface area contributed by atoms with Crippen LogP contribution in [0.3, 0.4) is 0 Å². The minimum Gasteiger partial charge on any atom is -0.480 e. The molecule has 0 saturated carbocycles. The van der Waals surface area contributed by atoms with Crippen LogP contribution >= 0.6 is 0 Å². The zero-order chi connectivity index (χ0) is 16.4. The number of amides is 1. The van der Waals surface area contributed by atoms with Crippen molar-refractivity contribution in [2.75, 3.05) is 0 Å². The molecule has 0 aromatic heterocycles. The summed E-state index contributed by atoms with van der Waals surface area (Å²) in [4.78, 5) is 23.2. The standard InChI is InChI=1S/C14H16F3NO3/c1-13(2,3)10(12(20)21)18-11(19)8-6-4-5-7-9(8)14(15,16)17/h4-7,10H,1-3H3,(H,18,19)(H,20,21)/t10-/m0/s1. The molecule has 1 amide bonds. The molecule has 1 rings (SSSR count). The Morgan fingerprint density at radius 3 is 2.10 bits per heavy atom. The molecule has 4 nitrogen and oxygen atoms in total. The maximum Gasteiger partial charge on any atom is 0.417 e. The van der Waals surface area contributed by atoms with Crippen molar-refractivity contribution in [1.82, 2.24) is 5.32 Å². The monoisotopic (exact) mass is 303 g/mol. The Morgan fingerprint density at radius 2 is 1.67 bits per heavy atom. The van der Waals surface area contributed by atoms with Crippen LogP contribution in [-0.2, 0) is 11.0 Å². The number of halogens is 3. The summed E-state index contributed by atoms with van der Waals surface area (Å²) < 4.78 is 38.5. The van der Waals surface area contributed by atoms with E-state index in [0.29, 0.717) is 0 Å². The lowest BCUT2D eigenvalue weighted by Crippen LogP contribution is -2.49. The number of carbonyl (C=O) groups is 2. The molecule has 0 unspecified atom stereocenters. The van der Waals surface area contributed by atoms with Gasteiger partial charge in [-0.2, -0.15) is 13.2 Å². The van der Waals surface area contributed by atoms with E-state index in [1.165, 1.54) is 6.07 Å². The fraction of sp³-hybridized carbons (Fsp3) is 0.429. The van der Waals surface area contributed by atoms with Gasteiger partial charge in [-0.3, -0.25) is 4.79 Å². The molecule has 0 aliphatic carbocycles. The highest BCUT2D eigenvalue weighted by molar-refractivity contribution is 5.98. The van der Waals surface area contributed by atoms with Gasteiger partial charge in [-0.05, 0) is 17.5 Å². The number of hydrogen-bond donors (Lipinski definition) is 2. The SMILES string of the molecule is CC(C)(C)[C@@H](NC(=O)c1ccccc1C(F)(F)F)C(=O)O. The number of alkyl halides is 3. The third-order valence-corrected chi connectivity index (χ3v) is 2.87. The van der Waals surface area contributed by atoms with Crippen molar-refractivity contribution in [3.05, 3.63) is 35.4 Å². The van der Waals surface area contributed by atoms with E-state index in [4.69, 9.17) is 5.11 Å². The molecule has 21 heavy (non-hydrogen) atoms. The minimum atomic E-state index is -4.69. The molecule has 116 valence electrons. The Kier molecular flexibility index (Phi) is 4.65. The van der Waals surface area contributed by atoms with Gasteiger partial charge in [-0.25, -0.2) is 4.79 Å². The van der Waals surface area contributed by atoms with E-state index >= 15 is 0 Å². The summed E-state index contributed by atoms with van der Waals surface area (Å²) in [7, 11) is 0. The number of hydrogen-bond acceptors (Lipinski definition) is 2. The number of benzene rings is 1. The van der Waals surface area contributed by atoms with Crippen LogP contribution in [0.4, 0.5) is 13.2 Å². The van der Waals surface area contributed by atoms with Gasteiger partial charge in [0, 0.05) is 0 Å². The third kappa shape index (κ3) is 4.21. The molecular formula is C14H16F3NO3. The predicted octanol–water partition coefficient (Wildman–Crippen LogP) is 2.93. The molecule has 0 saturated heterocycles. The second-order valence-corrected chi connectivity index (χ2v) is 5.65. The van der Waals surface area contributed by atoms with Crippen molar-refractivity contribution < 1.29 is 27.9 Å². The van der Waals surface area contributed by atoms with Crippen molar-refractivity contribution in [3.63, 3.8) is 0 Å². The van der Waals surface area contributed by atoms with E-state index < -0.39 is 40.6 Å². The number of carbonyl (C=O) groups excluding carboxylic acids is 1. The van der Waals surface area contributed by atoms with Crippen molar-refractivity contribution in [1.29, 1.82) is 0 Å². The number of nitrogens with one attached hydrogen (secondary N) is 1. The van der Waals surface area contributed by atoms with E-state index in [1.807, 2.05) is 0 Å². The van der Waals surface area contributed by atoms with E-state index in [2.05, 4.69) is 5.32 Å². The Balaban J connectivity index is 3.13. The van der Waals surface area contributed by atoms with Crippen LogP contribution in [0.1, 0.15) is 36.7 Å². The van der Waals surface area contributed by atoms with Gasteiger partial charge < -0.3 is 10.4 Å². The first-order valence-electron chi connectivity index (χ1n) is 6.14. The molecule has 0 aliphatic rings. The average molecular weight is 303 g/mol. The van der Waals surface area contributed by atoms with Crippen molar-refractivity contribution in [2.45, 2.75) is 33.0 Å². The zero-order valence-corrected chi connectivity index (χ0v) is 11.8. The summed E-state index contributed by atoms with van der Waals surface area (Å²) in [6.07, 6.45) is -4.69. The van der Waals surface area contributed by atoms with Gasteiger partial charge in [0.05, 0.1) is 11.1 Å². The van der Waals surface area contributed by atoms with Crippen molar-refractivity contribution in [2.24, 2.45) is 5.41 Å². The Hall–Kier alpha value is -2.05. The smallest absolute Gasteiger partial charge is 0.417 e. The Bertz CT molecular complexity index is 547. The topological polar surface area (TPSA) is 66.4 Å². The third-order valence-electron chi connectivity index (χ3n) is 2.87. The van der Waals surface area contributed by atoms with E-state index in [9.17, 15) is 22.8 Å². The van der Waals surface area contributed by atoms with Gasteiger partial charge in [0.2, 0.25) is 0 Å². The molecular weight excluding hydrogens is 287 g/mol. The molecule has 1 atom stereocenters. The maximum atomic E-state index is 12.8. The lowest BCUT2D eigenvalue weighted by atomic mass is 9.86. The van der Waals surface area contributed by atoms with Gasteiger partial charge in [0.15, 0.2) is 0 Å². The largest absolute Gasteiger partial charge is 0.480 e. The maximum absolute atomic E-state index is 12.8. The first-order chi connectivity index (χ1) is 9.44. The summed E-state index contributed by atoms with van der Waals surface area (Å²) in [5.41, 5.74) is -2.53.